The Morgan fingerprint density at radius 3 is 2.48 bits per heavy atom. The van der Waals surface area contributed by atoms with Crippen LogP contribution in [-0.2, 0) is 11.8 Å². The van der Waals surface area contributed by atoms with Crippen molar-refractivity contribution in [1.82, 2.24) is 5.32 Å². The number of aryl methyl sites for hydroxylation is 1. The topological polar surface area (TPSA) is 21.3 Å². The molecule has 0 radical (unpaired) electrons. The molecule has 1 aliphatic heterocycles. The Balaban J connectivity index is 2.57. The van der Waals surface area contributed by atoms with Crippen molar-refractivity contribution in [3.63, 3.8) is 0 Å². The summed E-state index contributed by atoms with van der Waals surface area (Å²) in [6, 6.07) is 5.56. The summed E-state index contributed by atoms with van der Waals surface area (Å²) in [6.45, 7) is 15.7. The van der Waals surface area contributed by atoms with E-state index in [4.69, 9.17) is 4.74 Å². The van der Waals surface area contributed by atoms with Gasteiger partial charge in [-0.2, -0.15) is 0 Å². The van der Waals surface area contributed by atoms with Crippen LogP contribution in [0.3, 0.4) is 0 Å². The van der Waals surface area contributed by atoms with Gasteiger partial charge in [0.2, 0.25) is 0 Å². The first kappa shape index (κ1) is 16.4. The van der Waals surface area contributed by atoms with Crippen molar-refractivity contribution in [2.75, 3.05) is 0 Å². The first-order valence-corrected chi connectivity index (χ1v) is 8.32. The molecule has 2 atom stereocenters. The summed E-state index contributed by atoms with van der Waals surface area (Å²) < 4.78 is 6.26. The van der Waals surface area contributed by atoms with Gasteiger partial charge in [0, 0.05) is 29.6 Å². The molecule has 0 aliphatic carbocycles. The molecule has 0 fully saturated rings. The highest BCUT2D eigenvalue weighted by Crippen LogP contribution is 2.43. The summed E-state index contributed by atoms with van der Waals surface area (Å²) in [6.07, 6.45) is 2.38. The number of hydrogen-bond acceptors (Lipinski definition) is 2. The molecule has 1 aromatic carbocycles. The molecule has 1 heterocycles. The standard InChI is InChI=1S/C19H31NO/c1-8-14-10-15-17(20-12(2)3)9-13(4)21-18(15)16(11-14)19(5,6)7/h10-13,17,20H,8-9H2,1-7H3. The summed E-state index contributed by atoms with van der Waals surface area (Å²) >= 11 is 0. The quantitative estimate of drug-likeness (QED) is 0.866. The zero-order valence-corrected chi connectivity index (χ0v) is 14.7. The maximum absolute atomic E-state index is 6.26. The zero-order valence-electron chi connectivity index (χ0n) is 14.7. The molecular formula is C19H31NO. The molecule has 2 unspecified atom stereocenters. The van der Waals surface area contributed by atoms with E-state index in [1.54, 1.807) is 0 Å². The third kappa shape index (κ3) is 3.60. The number of hydrogen-bond donors (Lipinski definition) is 1. The lowest BCUT2D eigenvalue weighted by molar-refractivity contribution is 0.159. The summed E-state index contributed by atoms with van der Waals surface area (Å²) in [5.74, 6) is 1.12. The Bertz CT molecular complexity index is 499. The van der Waals surface area contributed by atoms with Crippen LogP contribution >= 0.6 is 0 Å². The summed E-state index contributed by atoms with van der Waals surface area (Å²) in [4.78, 5) is 0. The molecule has 0 spiro atoms. The smallest absolute Gasteiger partial charge is 0.128 e. The van der Waals surface area contributed by atoms with E-state index in [2.05, 4.69) is 65.9 Å². The Morgan fingerprint density at radius 1 is 1.29 bits per heavy atom. The molecule has 2 nitrogen and oxygen atoms in total. The van der Waals surface area contributed by atoms with Gasteiger partial charge in [0.15, 0.2) is 0 Å². The summed E-state index contributed by atoms with van der Waals surface area (Å²) in [7, 11) is 0. The molecule has 2 rings (SSSR count). The lowest BCUT2D eigenvalue weighted by atomic mass is 9.81. The van der Waals surface area contributed by atoms with Gasteiger partial charge in [-0.05, 0) is 24.3 Å². The minimum atomic E-state index is 0.106. The van der Waals surface area contributed by atoms with Gasteiger partial charge >= 0.3 is 0 Å². The van der Waals surface area contributed by atoms with Gasteiger partial charge in [0.05, 0.1) is 6.10 Å². The SMILES string of the molecule is CCc1cc2c(c(C(C)(C)C)c1)OC(C)CC2NC(C)C. The summed E-state index contributed by atoms with van der Waals surface area (Å²) in [5, 5.41) is 3.72. The van der Waals surface area contributed by atoms with Crippen LogP contribution in [0.5, 0.6) is 5.75 Å². The van der Waals surface area contributed by atoms with Crippen molar-refractivity contribution in [3.8, 4) is 5.75 Å². The van der Waals surface area contributed by atoms with E-state index >= 15 is 0 Å². The highest BCUT2D eigenvalue weighted by molar-refractivity contribution is 5.50. The fourth-order valence-electron chi connectivity index (χ4n) is 3.13. The van der Waals surface area contributed by atoms with E-state index < -0.39 is 0 Å². The molecule has 2 heteroatoms. The Hall–Kier alpha value is -1.02. The zero-order chi connectivity index (χ0) is 15.8. The normalized spacial score (nSPS) is 22.1. The molecule has 1 aromatic rings. The highest BCUT2D eigenvalue weighted by atomic mass is 16.5. The fraction of sp³-hybridized carbons (Fsp3) is 0.684. The number of rotatable bonds is 3. The minimum absolute atomic E-state index is 0.106. The Morgan fingerprint density at radius 2 is 1.95 bits per heavy atom. The molecule has 0 aromatic heterocycles. The molecule has 1 aliphatic rings. The van der Waals surface area contributed by atoms with E-state index in [9.17, 15) is 0 Å². The average molecular weight is 289 g/mol. The van der Waals surface area contributed by atoms with Crippen molar-refractivity contribution < 1.29 is 4.74 Å². The van der Waals surface area contributed by atoms with Crippen molar-refractivity contribution in [2.45, 2.75) is 84.9 Å². The molecule has 0 amide bonds. The molecule has 21 heavy (non-hydrogen) atoms. The predicted molar refractivity (Wildman–Crippen MR) is 90.2 cm³/mol. The first-order valence-electron chi connectivity index (χ1n) is 8.32. The van der Waals surface area contributed by atoms with E-state index in [1.807, 2.05) is 0 Å². The second-order valence-corrected chi connectivity index (χ2v) is 7.70. The van der Waals surface area contributed by atoms with Gasteiger partial charge in [-0.3, -0.25) is 0 Å². The van der Waals surface area contributed by atoms with E-state index in [0.717, 1.165) is 18.6 Å². The predicted octanol–water partition coefficient (Wildman–Crippen LogP) is 4.76. The van der Waals surface area contributed by atoms with Gasteiger partial charge in [-0.1, -0.05) is 53.7 Å². The van der Waals surface area contributed by atoms with Crippen LogP contribution in [0.4, 0.5) is 0 Å². The highest BCUT2D eigenvalue weighted by Gasteiger charge is 2.31. The summed E-state index contributed by atoms with van der Waals surface area (Å²) in [5.41, 5.74) is 4.21. The molecule has 0 saturated carbocycles. The molecule has 0 saturated heterocycles. The van der Waals surface area contributed by atoms with Crippen LogP contribution in [0, 0.1) is 0 Å². The maximum atomic E-state index is 6.26. The fourth-order valence-corrected chi connectivity index (χ4v) is 3.13. The van der Waals surface area contributed by atoms with Crippen molar-refractivity contribution >= 4 is 0 Å². The molecule has 0 bridgehead atoms. The second kappa shape index (κ2) is 6.00. The number of nitrogens with one attached hydrogen (secondary N) is 1. The van der Waals surface area contributed by atoms with Crippen LogP contribution in [0.1, 0.15) is 77.6 Å². The monoisotopic (exact) mass is 289 g/mol. The lowest BCUT2D eigenvalue weighted by Crippen LogP contribution is -2.36. The van der Waals surface area contributed by atoms with Crippen LogP contribution in [-0.4, -0.2) is 12.1 Å². The Labute approximate surface area is 130 Å². The molecule has 1 N–H and O–H groups in total. The Kier molecular flexibility index (Phi) is 4.67. The molecule has 118 valence electrons. The number of benzene rings is 1. The number of fused-ring (bicyclic) bond motifs is 1. The van der Waals surface area contributed by atoms with Crippen molar-refractivity contribution in [2.24, 2.45) is 0 Å². The van der Waals surface area contributed by atoms with Crippen LogP contribution in [0.25, 0.3) is 0 Å². The van der Waals surface area contributed by atoms with Gasteiger partial charge in [0.25, 0.3) is 0 Å². The van der Waals surface area contributed by atoms with E-state index in [0.29, 0.717) is 12.1 Å². The van der Waals surface area contributed by atoms with Crippen molar-refractivity contribution in [1.29, 1.82) is 0 Å². The van der Waals surface area contributed by atoms with Crippen molar-refractivity contribution in [3.05, 3.63) is 28.8 Å². The number of ether oxygens (including phenoxy) is 1. The average Bonchev–Trinajstić information content (AvgIpc) is 2.35. The minimum Gasteiger partial charge on any atom is -0.490 e. The van der Waals surface area contributed by atoms with Crippen LogP contribution in [0.2, 0.25) is 0 Å². The van der Waals surface area contributed by atoms with Crippen LogP contribution < -0.4 is 10.1 Å². The van der Waals surface area contributed by atoms with Gasteiger partial charge < -0.3 is 10.1 Å². The third-order valence-electron chi connectivity index (χ3n) is 4.19. The maximum Gasteiger partial charge on any atom is 0.128 e. The van der Waals surface area contributed by atoms with E-state index in [-0.39, 0.29) is 11.5 Å². The van der Waals surface area contributed by atoms with Gasteiger partial charge in [-0.25, -0.2) is 0 Å². The third-order valence-corrected chi connectivity index (χ3v) is 4.19. The first-order chi connectivity index (χ1) is 9.72. The molecular weight excluding hydrogens is 258 g/mol. The van der Waals surface area contributed by atoms with Gasteiger partial charge in [0.1, 0.15) is 5.75 Å². The van der Waals surface area contributed by atoms with Gasteiger partial charge in [-0.15, -0.1) is 0 Å². The largest absolute Gasteiger partial charge is 0.490 e. The lowest BCUT2D eigenvalue weighted by Gasteiger charge is -2.36. The second-order valence-electron chi connectivity index (χ2n) is 7.70. The van der Waals surface area contributed by atoms with E-state index in [1.165, 1.54) is 16.7 Å². The van der Waals surface area contributed by atoms with Crippen LogP contribution in [0.15, 0.2) is 12.1 Å².